The highest BCUT2D eigenvalue weighted by molar-refractivity contribution is 5.89. The number of nitrogen functional groups attached to an aromatic ring is 1. The molecule has 0 aliphatic carbocycles. The Labute approximate surface area is 127 Å². The number of nitrogens with two attached hydrogens (primary N) is 1. The van der Waals surface area contributed by atoms with Gasteiger partial charge in [-0.2, -0.15) is 15.0 Å². The molecule has 3 N–H and O–H groups in total. The van der Waals surface area contributed by atoms with Crippen LogP contribution in [0, 0.1) is 0 Å². The highest BCUT2D eigenvalue weighted by Crippen LogP contribution is 2.20. The summed E-state index contributed by atoms with van der Waals surface area (Å²) in [6, 6.07) is 6.53. The highest BCUT2D eigenvalue weighted by Gasteiger charge is 2.09. The van der Waals surface area contributed by atoms with E-state index in [0.29, 0.717) is 30.4 Å². The average Bonchev–Trinajstić information content (AvgIpc) is 2.48. The SMILES string of the molecule is CCNc1nc(N)nc(Oc2ccc(C(=O)OCC)cc2)n1. The van der Waals surface area contributed by atoms with Crippen molar-refractivity contribution in [3.8, 4) is 11.8 Å². The topological polar surface area (TPSA) is 112 Å². The van der Waals surface area contributed by atoms with Gasteiger partial charge in [0.25, 0.3) is 0 Å². The number of anilines is 2. The Morgan fingerprint density at radius 1 is 1.18 bits per heavy atom. The molecule has 0 atom stereocenters. The lowest BCUT2D eigenvalue weighted by atomic mass is 10.2. The van der Waals surface area contributed by atoms with Crippen LogP contribution >= 0.6 is 0 Å². The summed E-state index contributed by atoms with van der Waals surface area (Å²) < 4.78 is 10.4. The number of benzene rings is 1. The lowest BCUT2D eigenvalue weighted by Gasteiger charge is -2.07. The number of hydrogen-bond acceptors (Lipinski definition) is 8. The first-order chi connectivity index (χ1) is 10.6. The fourth-order valence-corrected chi connectivity index (χ4v) is 1.63. The number of ether oxygens (including phenoxy) is 2. The van der Waals surface area contributed by atoms with Gasteiger partial charge in [-0.3, -0.25) is 0 Å². The van der Waals surface area contributed by atoms with Crippen molar-refractivity contribution in [1.82, 2.24) is 15.0 Å². The molecule has 0 amide bonds. The van der Waals surface area contributed by atoms with Gasteiger partial charge >= 0.3 is 12.0 Å². The molecule has 1 aromatic carbocycles. The van der Waals surface area contributed by atoms with Crippen LogP contribution in [0.2, 0.25) is 0 Å². The average molecular weight is 303 g/mol. The van der Waals surface area contributed by atoms with Crippen LogP contribution < -0.4 is 15.8 Å². The van der Waals surface area contributed by atoms with E-state index < -0.39 is 0 Å². The number of nitrogens with zero attached hydrogens (tertiary/aromatic N) is 3. The molecule has 2 rings (SSSR count). The summed E-state index contributed by atoms with van der Waals surface area (Å²) in [5.41, 5.74) is 6.04. The number of rotatable bonds is 6. The van der Waals surface area contributed by atoms with Crippen LogP contribution in [-0.2, 0) is 4.74 Å². The minimum Gasteiger partial charge on any atom is -0.462 e. The minimum absolute atomic E-state index is 0.0593. The number of nitrogens with one attached hydrogen (secondary N) is 1. The Bertz CT molecular complexity index is 645. The number of aromatic nitrogens is 3. The molecule has 22 heavy (non-hydrogen) atoms. The van der Waals surface area contributed by atoms with E-state index >= 15 is 0 Å². The molecule has 8 nitrogen and oxygen atoms in total. The summed E-state index contributed by atoms with van der Waals surface area (Å²) in [5.74, 6) is 0.492. The molecule has 1 heterocycles. The number of esters is 1. The molecule has 1 aromatic heterocycles. The van der Waals surface area contributed by atoms with E-state index in [4.69, 9.17) is 15.2 Å². The van der Waals surface area contributed by atoms with Crippen LogP contribution in [-0.4, -0.2) is 34.1 Å². The summed E-state index contributed by atoms with van der Waals surface area (Å²) in [4.78, 5) is 23.5. The van der Waals surface area contributed by atoms with Crippen LogP contribution in [0.3, 0.4) is 0 Å². The molecule has 0 aliphatic rings. The van der Waals surface area contributed by atoms with Gasteiger partial charge in [-0.05, 0) is 38.1 Å². The van der Waals surface area contributed by atoms with Gasteiger partial charge in [0.15, 0.2) is 0 Å². The van der Waals surface area contributed by atoms with Crippen LogP contribution in [0.1, 0.15) is 24.2 Å². The monoisotopic (exact) mass is 303 g/mol. The first-order valence-electron chi connectivity index (χ1n) is 6.82. The zero-order valence-electron chi connectivity index (χ0n) is 12.4. The first-order valence-corrected chi connectivity index (χ1v) is 6.82. The minimum atomic E-state index is -0.382. The maximum absolute atomic E-state index is 11.6. The van der Waals surface area contributed by atoms with Crippen LogP contribution in [0.15, 0.2) is 24.3 Å². The molecule has 0 unspecified atom stereocenters. The molecule has 2 aromatic rings. The fraction of sp³-hybridized carbons (Fsp3) is 0.286. The summed E-state index contributed by atoms with van der Waals surface area (Å²) in [5, 5.41) is 2.93. The number of hydrogen-bond donors (Lipinski definition) is 2. The van der Waals surface area contributed by atoms with Gasteiger partial charge < -0.3 is 20.5 Å². The Hall–Kier alpha value is -2.90. The standard InChI is InChI=1S/C14H17N5O3/c1-3-16-13-17-12(15)18-14(19-13)22-10-7-5-9(6-8-10)11(20)21-4-2/h5-8H,3-4H2,1-2H3,(H3,15,16,17,18,19). The molecule has 8 heteroatoms. The van der Waals surface area contributed by atoms with E-state index in [0.717, 1.165) is 0 Å². The second kappa shape index (κ2) is 7.21. The zero-order valence-corrected chi connectivity index (χ0v) is 12.4. The molecular formula is C14H17N5O3. The van der Waals surface area contributed by atoms with Crippen molar-refractivity contribution in [3.63, 3.8) is 0 Å². The van der Waals surface area contributed by atoms with Crippen molar-refractivity contribution < 1.29 is 14.3 Å². The first kappa shape index (κ1) is 15.5. The van der Waals surface area contributed by atoms with E-state index in [2.05, 4.69) is 20.3 Å². The number of carbonyl (C=O) groups is 1. The number of carbonyl (C=O) groups excluding carboxylic acids is 1. The van der Waals surface area contributed by atoms with E-state index in [1.807, 2.05) is 6.92 Å². The molecule has 0 fully saturated rings. The second-order valence-corrected chi connectivity index (χ2v) is 4.18. The molecule has 0 spiro atoms. The predicted molar refractivity (Wildman–Crippen MR) is 80.9 cm³/mol. The maximum atomic E-state index is 11.6. The molecule has 0 saturated carbocycles. The van der Waals surface area contributed by atoms with Gasteiger partial charge in [0, 0.05) is 6.54 Å². The van der Waals surface area contributed by atoms with Crippen LogP contribution in [0.5, 0.6) is 11.8 Å². The molecule has 0 aliphatic heterocycles. The fourth-order valence-electron chi connectivity index (χ4n) is 1.63. The van der Waals surface area contributed by atoms with Gasteiger partial charge in [0.2, 0.25) is 11.9 Å². The van der Waals surface area contributed by atoms with Gasteiger partial charge in [-0.25, -0.2) is 4.79 Å². The highest BCUT2D eigenvalue weighted by atomic mass is 16.5. The summed E-state index contributed by atoms with van der Waals surface area (Å²) in [7, 11) is 0. The van der Waals surface area contributed by atoms with Gasteiger partial charge in [-0.1, -0.05) is 0 Å². The van der Waals surface area contributed by atoms with Crippen molar-refractivity contribution in [1.29, 1.82) is 0 Å². The van der Waals surface area contributed by atoms with E-state index in [9.17, 15) is 4.79 Å². The van der Waals surface area contributed by atoms with Crippen molar-refractivity contribution >= 4 is 17.9 Å². The Kier molecular flexibility index (Phi) is 5.07. The smallest absolute Gasteiger partial charge is 0.338 e. The third-order valence-corrected chi connectivity index (χ3v) is 2.54. The van der Waals surface area contributed by atoms with Gasteiger partial charge in [-0.15, -0.1) is 0 Å². The van der Waals surface area contributed by atoms with E-state index in [-0.39, 0.29) is 17.9 Å². The summed E-state index contributed by atoms with van der Waals surface area (Å²) in [6.07, 6.45) is 0. The lowest BCUT2D eigenvalue weighted by Crippen LogP contribution is -2.07. The molecular weight excluding hydrogens is 286 g/mol. The van der Waals surface area contributed by atoms with Crippen LogP contribution in [0.25, 0.3) is 0 Å². The zero-order chi connectivity index (χ0) is 15.9. The van der Waals surface area contributed by atoms with Crippen molar-refractivity contribution in [2.45, 2.75) is 13.8 Å². The third kappa shape index (κ3) is 4.05. The van der Waals surface area contributed by atoms with Gasteiger partial charge in [0.05, 0.1) is 12.2 Å². The van der Waals surface area contributed by atoms with Gasteiger partial charge in [0.1, 0.15) is 5.75 Å². The van der Waals surface area contributed by atoms with Crippen LogP contribution in [0.4, 0.5) is 11.9 Å². The van der Waals surface area contributed by atoms with Crippen molar-refractivity contribution in [2.75, 3.05) is 24.2 Å². The normalized spacial score (nSPS) is 10.1. The summed E-state index contributed by atoms with van der Waals surface area (Å²) in [6.45, 7) is 4.64. The van der Waals surface area contributed by atoms with Crippen molar-refractivity contribution in [3.05, 3.63) is 29.8 Å². The Balaban J connectivity index is 2.12. The molecule has 0 radical (unpaired) electrons. The largest absolute Gasteiger partial charge is 0.462 e. The maximum Gasteiger partial charge on any atom is 0.338 e. The second-order valence-electron chi connectivity index (χ2n) is 4.18. The van der Waals surface area contributed by atoms with E-state index in [1.54, 1.807) is 31.2 Å². The predicted octanol–water partition coefficient (Wildman–Crippen LogP) is 1.85. The summed E-state index contributed by atoms with van der Waals surface area (Å²) >= 11 is 0. The lowest BCUT2D eigenvalue weighted by molar-refractivity contribution is 0.0526. The Morgan fingerprint density at radius 3 is 2.55 bits per heavy atom. The van der Waals surface area contributed by atoms with Crippen molar-refractivity contribution in [2.24, 2.45) is 0 Å². The molecule has 0 saturated heterocycles. The molecule has 0 bridgehead atoms. The Morgan fingerprint density at radius 2 is 1.91 bits per heavy atom. The third-order valence-electron chi connectivity index (χ3n) is 2.54. The van der Waals surface area contributed by atoms with E-state index in [1.165, 1.54) is 0 Å². The molecule has 116 valence electrons. The quantitative estimate of drug-likeness (QED) is 0.777.